The number of hydrogen-bond donors (Lipinski definition) is 1. The molecule has 1 aromatic rings. The van der Waals surface area contributed by atoms with E-state index in [1.165, 1.54) is 38.4 Å². The van der Waals surface area contributed by atoms with Crippen molar-refractivity contribution in [2.75, 3.05) is 32.8 Å². The van der Waals surface area contributed by atoms with E-state index in [2.05, 4.69) is 34.0 Å². The van der Waals surface area contributed by atoms with Gasteiger partial charge in [0.15, 0.2) is 6.61 Å². The average Bonchev–Trinajstić information content (AvgIpc) is 3.15. The van der Waals surface area contributed by atoms with Crippen LogP contribution in [0.3, 0.4) is 0 Å². The fourth-order valence-electron chi connectivity index (χ4n) is 3.28. The minimum Gasteiger partial charge on any atom is -0.494 e. The van der Waals surface area contributed by atoms with E-state index >= 15 is 0 Å². The minimum atomic E-state index is -0.456. The van der Waals surface area contributed by atoms with Crippen LogP contribution >= 0.6 is 0 Å². The molecule has 1 atom stereocenters. The minimum absolute atomic E-state index is 0.229. The predicted octanol–water partition coefficient (Wildman–Crippen LogP) is 2.68. The van der Waals surface area contributed by atoms with Crippen LogP contribution < -0.4 is 10.1 Å². The number of esters is 1. The molecule has 1 aromatic carbocycles. The first-order valence-electron chi connectivity index (χ1n) is 9.47. The molecule has 1 fully saturated rings. The maximum absolute atomic E-state index is 11.4. The topological polar surface area (TPSA) is 67.9 Å². The highest BCUT2D eigenvalue weighted by atomic mass is 16.5. The number of nitrogens with zero attached hydrogens (tertiary/aromatic N) is 1. The van der Waals surface area contributed by atoms with E-state index in [-0.39, 0.29) is 12.5 Å². The van der Waals surface area contributed by atoms with Crippen molar-refractivity contribution < 1.29 is 19.1 Å². The third kappa shape index (κ3) is 6.67. The molecule has 6 nitrogen and oxygen atoms in total. The Morgan fingerprint density at radius 1 is 1.27 bits per heavy atom. The summed E-state index contributed by atoms with van der Waals surface area (Å²) >= 11 is 0. The summed E-state index contributed by atoms with van der Waals surface area (Å²) in [5.74, 6) is 0.118. The van der Waals surface area contributed by atoms with Gasteiger partial charge in [-0.2, -0.15) is 0 Å². The summed E-state index contributed by atoms with van der Waals surface area (Å²) in [6.07, 6.45) is 4.36. The third-order valence-electron chi connectivity index (χ3n) is 4.53. The van der Waals surface area contributed by atoms with Crippen LogP contribution in [0.4, 0.5) is 0 Å². The second-order valence-corrected chi connectivity index (χ2v) is 6.57. The summed E-state index contributed by atoms with van der Waals surface area (Å²) in [6, 6.07) is 8.78. The van der Waals surface area contributed by atoms with Crippen LogP contribution in [0, 0.1) is 0 Å². The summed E-state index contributed by atoms with van der Waals surface area (Å²) < 4.78 is 10.5. The summed E-state index contributed by atoms with van der Waals surface area (Å²) in [5, 5.41) is 2.70. The summed E-state index contributed by atoms with van der Waals surface area (Å²) in [5.41, 5.74) is 1.31. The first-order valence-corrected chi connectivity index (χ1v) is 9.47. The zero-order valence-electron chi connectivity index (χ0n) is 15.8. The van der Waals surface area contributed by atoms with Crippen molar-refractivity contribution in [3.05, 3.63) is 29.8 Å². The monoisotopic (exact) mass is 362 g/mol. The Morgan fingerprint density at radius 2 is 2.04 bits per heavy atom. The van der Waals surface area contributed by atoms with E-state index in [9.17, 15) is 9.59 Å². The Balaban J connectivity index is 1.73. The largest absolute Gasteiger partial charge is 0.494 e. The molecule has 0 aliphatic carbocycles. The summed E-state index contributed by atoms with van der Waals surface area (Å²) in [6.45, 7) is 6.65. The molecule has 0 spiro atoms. The van der Waals surface area contributed by atoms with Crippen LogP contribution in [0.5, 0.6) is 5.75 Å². The molecule has 1 heterocycles. The standard InChI is InChI=1S/C20H30N2O4/c1-3-19(22-11-4-5-12-22)17-8-6-9-18(14-17)25-13-7-10-21-20(24)15-26-16(2)23/h6,8-9,14,19H,3-5,7,10-13,15H2,1-2H3,(H,21,24). The van der Waals surface area contributed by atoms with Gasteiger partial charge in [0.25, 0.3) is 5.91 Å². The van der Waals surface area contributed by atoms with E-state index in [1.807, 2.05) is 12.1 Å². The van der Waals surface area contributed by atoms with Crippen LogP contribution in [0.15, 0.2) is 24.3 Å². The van der Waals surface area contributed by atoms with Crippen LogP contribution in [-0.2, 0) is 14.3 Å². The molecule has 0 saturated carbocycles. The molecular weight excluding hydrogens is 332 g/mol. The highest BCUT2D eigenvalue weighted by Gasteiger charge is 2.22. The number of benzene rings is 1. The van der Waals surface area contributed by atoms with Gasteiger partial charge in [-0.1, -0.05) is 19.1 Å². The zero-order chi connectivity index (χ0) is 18.8. The lowest BCUT2D eigenvalue weighted by atomic mass is 10.0. The Bertz CT molecular complexity index is 585. The molecule has 1 aliphatic heterocycles. The number of amides is 1. The Hall–Kier alpha value is -2.08. The van der Waals surface area contributed by atoms with Crippen molar-refractivity contribution in [3.8, 4) is 5.75 Å². The van der Waals surface area contributed by atoms with Crippen molar-refractivity contribution >= 4 is 11.9 Å². The number of ether oxygens (including phenoxy) is 2. The molecule has 1 saturated heterocycles. The molecule has 0 aromatic heterocycles. The van der Waals surface area contributed by atoms with E-state index < -0.39 is 5.97 Å². The fourth-order valence-corrected chi connectivity index (χ4v) is 3.28. The lowest BCUT2D eigenvalue weighted by molar-refractivity contribution is -0.146. The van der Waals surface area contributed by atoms with Gasteiger partial charge in [-0.05, 0) is 56.5 Å². The second kappa shape index (κ2) is 10.8. The van der Waals surface area contributed by atoms with Crippen LogP contribution in [0.25, 0.3) is 0 Å². The van der Waals surface area contributed by atoms with Crippen molar-refractivity contribution in [3.63, 3.8) is 0 Å². The van der Waals surface area contributed by atoms with Gasteiger partial charge in [-0.15, -0.1) is 0 Å². The number of likely N-dealkylation sites (tertiary alicyclic amines) is 1. The number of hydrogen-bond acceptors (Lipinski definition) is 5. The number of rotatable bonds is 10. The van der Waals surface area contributed by atoms with E-state index in [1.54, 1.807) is 0 Å². The Labute approximate surface area is 155 Å². The van der Waals surface area contributed by atoms with Gasteiger partial charge in [0.1, 0.15) is 5.75 Å². The third-order valence-corrected chi connectivity index (χ3v) is 4.53. The van der Waals surface area contributed by atoms with E-state index in [0.717, 1.165) is 12.2 Å². The molecular formula is C20H30N2O4. The molecule has 26 heavy (non-hydrogen) atoms. The van der Waals surface area contributed by atoms with E-state index in [4.69, 9.17) is 4.74 Å². The summed E-state index contributed by atoms with van der Waals surface area (Å²) in [4.78, 5) is 24.6. The van der Waals surface area contributed by atoms with Gasteiger partial charge >= 0.3 is 5.97 Å². The highest BCUT2D eigenvalue weighted by molar-refractivity contribution is 5.79. The lowest BCUT2D eigenvalue weighted by Crippen LogP contribution is -2.29. The molecule has 6 heteroatoms. The maximum atomic E-state index is 11.4. The van der Waals surface area contributed by atoms with Crippen molar-refractivity contribution in [1.29, 1.82) is 0 Å². The summed E-state index contributed by atoms with van der Waals surface area (Å²) in [7, 11) is 0. The van der Waals surface area contributed by atoms with E-state index in [0.29, 0.717) is 25.6 Å². The van der Waals surface area contributed by atoms with Crippen molar-refractivity contribution in [2.45, 2.75) is 45.6 Å². The predicted molar refractivity (Wildman–Crippen MR) is 100 cm³/mol. The number of nitrogens with one attached hydrogen (secondary N) is 1. The first-order chi connectivity index (χ1) is 12.6. The normalized spacial score (nSPS) is 15.5. The zero-order valence-corrected chi connectivity index (χ0v) is 15.8. The number of carbonyl (C=O) groups excluding carboxylic acids is 2. The quantitative estimate of drug-likeness (QED) is 0.512. The molecule has 1 unspecified atom stereocenters. The van der Waals surface area contributed by atoms with Gasteiger partial charge < -0.3 is 14.8 Å². The molecule has 1 aliphatic rings. The smallest absolute Gasteiger partial charge is 0.303 e. The van der Waals surface area contributed by atoms with Gasteiger partial charge in [-0.3, -0.25) is 14.5 Å². The molecule has 1 N–H and O–H groups in total. The van der Waals surface area contributed by atoms with Gasteiger partial charge in [0, 0.05) is 19.5 Å². The molecule has 0 bridgehead atoms. The lowest BCUT2D eigenvalue weighted by Gasteiger charge is -2.27. The maximum Gasteiger partial charge on any atom is 0.303 e. The average molecular weight is 362 g/mol. The molecule has 144 valence electrons. The first kappa shape index (κ1) is 20.2. The van der Waals surface area contributed by atoms with Crippen molar-refractivity contribution in [1.82, 2.24) is 10.2 Å². The highest BCUT2D eigenvalue weighted by Crippen LogP contribution is 2.29. The Kier molecular flexibility index (Phi) is 8.41. The van der Waals surface area contributed by atoms with Crippen molar-refractivity contribution in [2.24, 2.45) is 0 Å². The Morgan fingerprint density at radius 3 is 2.73 bits per heavy atom. The molecule has 2 rings (SSSR count). The fraction of sp³-hybridized carbons (Fsp3) is 0.600. The van der Waals surface area contributed by atoms with Gasteiger partial charge in [0.05, 0.1) is 6.61 Å². The van der Waals surface area contributed by atoms with Gasteiger partial charge in [-0.25, -0.2) is 0 Å². The number of carbonyl (C=O) groups is 2. The molecule has 1 amide bonds. The molecule has 0 radical (unpaired) electrons. The van der Waals surface area contributed by atoms with Crippen LogP contribution in [-0.4, -0.2) is 49.6 Å². The van der Waals surface area contributed by atoms with Gasteiger partial charge in [0.2, 0.25) is 0 Å². The van der Waals surface area contributed by atoms with Crippen LogP contribution in [0.2, 0.25) is 0 Å². The van der Waals surface area contributed by atoms with Crippen LogP contribution in [0.1, 0.15) is 51.1 Å². The second-order valence-electron chi connectivity index (χ2n) is 6.57. The SMILES string of the molecule is CCC(c1cccc(OCCCNC(=O)COC(C)=O)c1)N1CCCC1.